The Bertz CT molecular complexity index is 1280. The van der Waals surface area contributed by atoms with Crippen molar-refractivity contribution >= 4 is 17.5 Å². The van der Waals surface area contributed by atoms with Gasteiger partial charge in [-0.25, -0.2) is 4.39 Å². The number of nitrogens with zero attached hydrogens (tertiary/aromatic N) is 2. The third-order valence-electron chi connectivity index (χ3n) is 6.03. The summed E-state index contributed by atoms with van der Waals surface area (Å²) in [6, 6.07) is 13.9. The van der Waals surface area contributed by atoms with E-state index in [0.717, 1.165) is 16.7 Å². The van der Waals surface area contributed by atoms with Gasteiger partial charge in [-0.15, -0.1) is 11.8 Å². The van der Waals surface area contributed by atoms with Crippen molar-refractivity contribution in [3.05, 3.63) is 93.2 Å². The summed E-state index contributed by atoms with van der Waals surface area (Å²) in [5, 5.41) is 12.5. The highest BCUT2D eigenvalue weighted by Gasteiger charge is 2.44. The lowest BCUT2D eigenvalue weighted by molar-refractivity contribution is 0.0786. The Balaban J connectivity index is 1.82. The molecule has 0 amide bonds. The topological polar surface area (TPSA) is 62.5 Å². The zero-order valence-corrected chi connectivity index (χ0v) is 17.9. The van der Waals surface area contributed by atoms with Crippen LogP contribution in [-0.4, -0.2) is 22.1 Å². The van der Waals surface area contributed by atoms with Crippen molar-refractivity contribution in [3.63, 3.8) is 0 Å². The van der Waals surface area contributed by atoms with E-state index in [1.165, 1.54) is 30.1 Å². The van der Waals surface area contributed by atoms with Gasteiger partial charge >= 0.3 is 0 Å². The fraction of sp³-hybridized carbons (Fsp3) is 0.250. The minimum atomic E-state index is -0.854. The molecule has 0 radical (unpaired) electrons. The molecule has 31 heavy (non-hydrogen) atoms. The van der Waals surface area contributed by atoms with Gasteiger partial charge in [-0.05, 0) is 22.8 Å². The van der Waals surface area contributed by atoms with Gasteiger partial charge in [0.1, 0.15) is 5.82 Å². The van der Waals surface area contributed by atoms with E-state index in [2.05, 4.69) is 0 Å². The summed E-state index contributed by atoms with van der Waals surface area (Å²) in [7, 11) is 0. The van der Waals surface area contributed by atoms with E-state index in [1.54, 1.807) is 24.6 Å². The number of fused-ring (bicyclic) bond motifs is 3. The van der Waals surface area contributed by atoms with Crippen LogP contribution < -0.4 is 10.4 Å². The first-order valence-electron chi connectivity index (χ1n) is 10.0. The largest absolute Gasteiger partial charge is 0.503 e. The zero-order valence-electron chi connectivity index (χ0n) is 17.1. The van der Waals surface area contributed by atoms with Crippen LogP contribution in [0.15, 0.2) is 64.4 Å². The van der Waals surface area contributed by atoms with E-state index in [4.69, 9.17) is 0 Å². The first kappa shape index (κ1) is 19.9. The monoisotopic (exact) mass is 436 g/mol. The molecule has 5 rings (SSSR count). The summed E-state index contributed by atoms with van der Waals surface area (Å²) in [6.07, 6.45) is 1.52. The van der Waals surface area contributed by atoms with Gasteiger partial charge in [0.05, 0.1) is 6.04 Å². The molecule has 0 bridgehead atoms. The molecule has 0 aliphatic carbocycles. The highest BCUT2D eigenvalue weighted by molar-refractivity contribution is 7.98. The number of benzene rings is 2. The Labute approximate surface area is 183 Å². The maximum absolute atomic E-state index is 14.9. The Hall–Kier alpha value is -3.06. The second-order valence-corrected chi connectivity index (χ2v) is 9.57. The standard InChI is InChI=1S/C24H21FN2O3S/c1-24(2)13-27(26-11-10-18(28)21(29)20(26)23(24)30)19-15-7-4-3-6-14(15)12-31-22-16(19)8-5-9-17(22)25/h3-11,19,29H,12-13H2,1-2H3. The van der Waals surface area contributed by atoms with Crippen LogP contribution in [-0.2, 0) is 5.75 Å². The normalized spacial score (nSPS) is 19.3. The number of hydrogen-bond donors (Lipinski definition) is 1. The van der Waals surface area contributed by atoms with E-state index >= 15 is 0 Å². The lowest BCUT2D eigenvalue weighted by Crippen LogP contribution is -2.54. The Morgan fingerprint density at radius 2 is 1.81 bits per heavy atom. The van der Waals surface area contributed by atoms with E-state index in [9.17, 15) is 19.1 Å². The summed E-state index contributed by atoms with van der Waals surface area (Å²) >= 11 is 1.46. The molecule has 3 heterocycles. The van der Waals surface area contributed by atoms with Gasteiger partial charge in [0.25, 0.3) is 0 Å². The van der Waals surface area contributed by atoms with Crippen LogP contribution in [0.3, 0.4) is 0 Å². The number of aromatic nitrogens is 1. The number of hydrogen-bond acceptors (Lipinski definition) is 5. The molecule has 1 aromatic heterocycles. The minimum Gasteiger partial charge on any atom is -0.503 e. The van der Waals surface area contributed by atoms with Crippen LogP contribution in [0.4, 0.5) is 4.39 Å². The molecule has 5 nitrogen and oxygen atoms in total. The van der Waals surface area contributed by atoms with Crippen LogP contribution in [0.2, 0.25) is 0 Å². The zero-order chi connectivity index (χ0) is 21.9. The number of pyridine rings is 1. The summed E-state index contributed by atoms with van der Waals surface area (Å²) in [6.45, 7) is 3.93. The fourth-order valence-electron chi connectivity index (χ4n) is 4.50. The van der Waals surface area contributed by atoms with E-state index in [1.807, 2.05) is 35.3 Å². The number of thioether (sulfide) groups is 1. The first-order chi connectivity index (χ1) is 14.8. The average Bonchev–Trinajstić information content (AvgIpc) is 2.91. The molecule has 0 spiro atoms. The highest BCUT2D eigenvalue weighted by Crippen LogP contribution is 2.45. The van der Waals surface area contributed by atoms with Crippen LogP contribution in [0, 0.1) is 11.2 Å². The molecule has 2 aliphatic rings. The number of carbonyl (C=O) groups is 1. The molecule has 3 aromatic rings. The third kappa shape index (κ3) is 2.98. The predicted molar refractivity (Wildman–Crippen MR) is 118 cm³/mol. The van der Waals surface area contributed by atoms with Gasteiger partial charge in [-0.2, -0.15) is 0 Å². The molecule has 0 saturated carbocycles. The SMILES string of the molecule is CC1(C)CN(C2c3ccccc3CSc3c(F)cccc32)n2ccc(=O)c(O)c2C1=O. The summed E-state index contributed by atoms with van der Waals surface area (Å²) in [4.78, 5) is 25.9. The molecule has 158 valence electrons. The van der Waals surface area contributed by atoms with E-state index in [0.29, 0.717) is 17.2 Å². The summed E-state index contributed by atoms with van der Waals surface area (Å²) < 4.78 is 16.4. The molecule has 7 heteroatoms. The molecule has 1 N–H and O–H groups in total. The Morgan fingerprint density at radius 3 is 2.61 bits per heavy atom. The van der Waals surface area contributed by atoms with Crippen molar-refractivity contribution in [2.45, 2.75) is 30.5 Å². The smallest absolute Gasteiger partial charge is 0.224 e. The highest BCUT2D eigenvalue weighted by atomic mass is 32.2. The number of halogens is 1. The van der Waals surface area contributed by atoms with Crippen LogP contribution in [0.5, 0.6) is 5.75 Å². The molecule has 0 saturated heterocycles. The van der Waals surface area contributed by atoms with Gasteiger partial charge in [-0.1, -0.05) is 50.2 Å². The van der Waals surface area contributed by atoms with Crippen LogP contribution >= 0.6 is 11.8 Å². The minimum absolute atomic E-state index is 0.0314. The van der Waals surface area contributed by atoms with Gasteiger partial charge in [0, 0.05) is 34.9 Å². The number of rotatable bonds is 1. The number of ketones is 1. The lowest BCUT2D eigenvalue weighted by Gasteiger charge is -2.45. The van der Waals surface area contributed by atoms with E-state index < -0.39 is 22.6 Å². The maximum Gasteiger partial charge on any atom is 0.224 e. The summed E-state index contributed by atoms with van der Waals surface area (Å²) in [5.41, 5.74) is 1.40. The fourth-order valence-corrected chi connectivity index (χ4v) is 5.61. The summed E-state index contributed by atoms with van der Waals surface area (Å²) in [5.74, 6) is -0.509. The number of aromatic hydroxyl groups is 1. The predicted octanol–water partition coefficient (Wildman–Crippen LogP) is 4.25. The average molecular weight is 437 g/mol. The van der Waals surface area contributed by atoms with E-state index in [-0.39, 0.29) is 17.3 Å². The molecule has 1 atom stereocenters. The second kappa shape index (κ2) is 6.99. The first-order valence-corrected chi connectivity index (χ1v) is 11.0. The molecule has 0 fully saturated rings. The van der Waals surface area contributed by atoms with Crippen molar-refractivity contribution in [2.24, 2.45) is 5.41 Å². The van der Waals surface area contributed by atoms with Gasteiger partial charge in [-0.3, -0.25) is 19.3 Å². The number of Topliss-reactive ketones (excluding diaryl/α,β-unsaturated/α-hetero) is 1. The Morgan fingerprint density at radius 1 is 1.06 bits per heavy atom. The molecule has 2 aliphatic heterocycles. The molecule has 1 unspecified atom stereocenters. The van der Waals surface area contributed by atoms with Crippen molar-refractivity contribution < 1.29 is 14.3 Å². The van der Waals surface area contributed by atoms with Gasteiger partial charge in [0.15, 0.2) is 17.2 Å². The van der Waals surface area contributed by atoms with Crippen molar-refractivity contribution in [2.75, 3.05) is 11.6 Å². The van der Waals surface area contributed by atoms with Crippen molar-refractivity contribution in [3.8, 4) is 5.75 Å². The van der Waals surface area contributed by atoms with Crippen LogP contribution in [0.1, 0.15) is 47.1 Å². The third-order valence-corrected chi connectivity index (χ3v) is 7.20. The van der Waals surface area contributed by atoms with Crippen LogP contribution in [0.25, 0.3) is 0 Å². The molecule has 2 aromatic carbocycles. The second-order valence-electron chi connectivity index (χ2n) is 8.58. The van der Waals surface area contributed by atoms with Crippen molar-refractivity contribution in [1.29, 1.82) is 0 Å². The molecular formula is C24H21FN2O3S. The Kier molecular flexibility index (Phi) is 4.48. The van der Waals surface area contributed by atoms with Gasteiger partial charge in [0.2, 0.25) is 5.43 Å². The van der Waals surface area contributed by atoms with Crippen molar-refractivity contribution in [1.82, 2.24) is 4.68 Å². The lowest BCUT2D eigenvalue weighted by atomic mass is 9.82. The van der Waals surface area contributed by atoms with Gasteiger partial charge < -0.3 is 5.11 Å². The molecular weight excluding hydrogens is 415 g/mol. The number of carbonyl (C=O) groups excluding carboxylic acids is 1. The maximum atomic E-state index is 14.9. The quantitative estimate of drug-likeness (QED) is 0.618.